The third-order valence-corrected chi connectivity index (χ3v) is 1.31. The van der Waals surface area contributed by atoms with E-state index in [9.17, 15) is 0 Å². The normalized spacial score (nSPS) is 13.6. The van der Waals surface area contributed by atoms with E-state index < -0.39 is 0 Å². The van der Waals surface area contributed by atoms with Crippen LogP contribution in [0.25, 0.3) is 0 Å². The van der Waals surface area contributed by atoms with Gasteiger partial charge in [-0.15, -0.1) is 0 Å². The molecule has 0 spiro atoms. The Balaban J connectivity index is 3.34. The Morgan fingerprint density at radius 3 is 2.29 bits per heavy atom. The van der Waals surface area contributed by atoms with Crippen LogP contribution in [0.5, 0.6) is 0 Å². The van der Waals surface area contributed by atoms with Crippen molar-refractivity contribution in [2.24, 2.45) is 0 Å². The van der Waals surface area contributed by atoms with Crippen molar-refractivity contribution < 1.29 is 4.52 Å². The molecule has 0 aliphatic rings. The van der Waals surface area contributed by atoms with Gasteiger partial charge in [-0.3, -0.25) is 0 Å². The molecule has 2 heteroatoms. The molecular formula is C5H11OP. The summed E-state index contributed by atoms with van der Waals surface area (Å²) in [6, 6.07) is 0. The van der Waals surface area contributed by atoms with Crippen LogP contribution in [-0.4, -0.2) is 6.10 Å². The molecule has 0 radical (unpaired) electrons. The molecule has 2 unspecified atom stereocenters. The summed E-state index contributed by atoms with van der Waals surface area (Å²) in [5.74, 6) is 0. The van der Waals surface area contributed by atoms with Crippen LogP contribution in [0.2, 0.25) is 0 Å². The van der Waals surface area contributed by atoms with Crippen molar-refractivity contribution in [1.82, 2.24) is 0 Å². The highest BCUT2D eigenvalue weighted by atomic mass is 31.0. The van der Waals surface area contributed by atoms with Gasteiger partial charge >= 0.3 is 0 Å². The molecule has 0 bridgehead atoms. The third-order valence-electron chi connectivity index (χ3n) is 0.898. The highest BCUT2D eigenvalue weighted by Crippen LogP contribution is 2.04. The molecule has 0 heterocycles. The first-order valence-electron chi connectivity index (χ1n) is 2.19. The molecule has 0 saturated carbocycles. The average Bonchev–Trinajstić information content (AvgIpc) is 1.65. The van der Waals surface area contributed by atoms with E-state index in [-0.39, 0.29) is 6.10 Å². The minimum atomic E-state index is 0.171. The SMILES string of the molecule is C=C(C)C(C)OP. The first-order chi connectivity index (χ1) is 3.18. The van der Waals surface area contributed by atoms with Crippen molar-refractivity contribution in [3.8, 4) is 0 Å². The Labute approximate surface area is 47.0 Å². The average molecular weight is 118 g/mol. The fourth-order valence-corrected chi connectivity index (χ4v) is 0.348. The number of rotatable bonds is 2. The molecule has 2 atom stereocenters. The molecule has 0 amide bonds. The van der Waals surface area contributed by atoms with E-state index in [2.05, 4.69) is 16.0 Å². The standard InChI is InChI=1S/C5H11OP/c1-4(2)5(3)6-7/h5H,1,7H2,2-3H3. The van der Waals surface area contributed by atoms with Gasteiger partial charge in [0.1, 0.15) is 0 Å². The van der Waals surface area contributed by atoms with E-state index >= 15 is 0 Å². The van der Waals surface area contributed by atoms with Crippen molar-refractivity contribution in [3.05, 3.63) is 12.2 Å². The fraction of sp³-hybridized carbons (Fsp3) is 0.600. The topological polar surface area (TPSA) is 9.23 Å². The summed E-state index contributed by atoms with van der Waals surface area (Å²) in [7, 11) is 2.20. The molecule has 0 aliphatic heterocycles. The van der Waals surface area contributed by atoms with Gasteiger partial charge < -0.3 is 4.52 Å². The molecule has 0 aromatic heterocycles. The zero-order valence-electron chi connectivity index (χ0n) is 4.77. The maximum Gasteiger partial charge on any atom is 0.0787 e. The summed E-state index contributed by atoms with van der Waals surface area (Å²) in [6.45, 7) is 7.58. The Morgan fingerprint density at radius 2 is 2.29 bits per heavy atom. The molecule has 42 valence electrons. The molecule has 7 heavy (non-hydrogen) atoms. The quantitative estimate of drug-likeness (QED) is 0.396. The molecule has 0 aromatic carbocycles. The van der Waals surface area contributed by atoms with Gasteiger partial charge in [-0.2, -0.15) is 0 Å². The van der Waals surface area contributed by atoms with Crippen LogP contribution in [0.4, 0.5) is 0 Å². The lowest BCUT2D eigenvalue weighted by Crippen LogP contribution is -1.99. The van der Waals surface area contributed by atoms with Crippen LogP contribution in [0.3, 0.4) is 0 Å². The van der Waals surface area contributed by atoms with Crippen molar-refractivity contribution in [2.45, 2.75) is 20.0 Å². The van der Waals surface area contributed by atoms with E-state index in [1.54, 1.807) is 0 Å². The second-order valence-electron chi connectivity index (χ2n) is 1.62. The lowest BCUT2D eigenvalue weighted by Gasteiger charge is -2.05. The van der Waals surface area contributed by atoms with Gasteiger partial charge in [0, 0.05) is 9.47 Å². The molecule has 0 saturated heterocycles. The summed E-state index contributed by atoms with van der Waals surface area (Å²) < 4.78 is 4.83. The molecule has 0 fully saturated rings. The maximum absolute atomic E-state index is 4.83. The minimum Gasteiger partial charge on any atom is -0.358 e. The highest BCUT2D eigenvalue weighted by Gasteiger charge is 1.95. The van der Waals surface area contributed by atoms with Crippen LogP contribution < -0.4 is 0 Å². The van der Waals surface area contributed by atoms with Crippen molar-refractivity contribution >= 4 is 9.47 Å². The van der Waals surface area contributed by atoms with Gasteiger partial charge in [-0.25, -0.2) is 0 Å². The smallest absolute Gasteiger partial charge is 0.0787 e. The van der Waals surface area contributed by atoms with Crippen molar-refractivity contribution in [2.75, 3.05) is 0 Å². The summed E-state index contributed by atoms with van der Waals surface area (Å²) in [6.07, 6.45) is 0.171. The van der Waals surface area contributed by atoms with E-state index in [0.717, 1.165) is 5.57 Å². The van der Waals surface area contributed by atoms with Crippen LogP contribution in [0.1, 0.15) is 13.8 Å². The first-order valence-corrected chi connectivity index (χ1v) is 2.66. The van der Waals surface area contributed by atoms with Crippen LogP contribution in [0, 0.1) is 0 Å². The van der Waals surface area contributed by atoms with Gasteiger partial charge in [0.25, 0.3) is 0 Å². The Hall–Kier alpha value is 0.130. The van der Waals surface area contributed by atoms with E-state index in [1.807, 2.05) is 13.8 Å². The van der Waals surface area contributed by atoms with Gasteiger partial charge in [0.05, 0.1) is 6.10 Å². The molecule has 0 aliphatic carbocycles. The van der Waals surface area contributed by atoms with Crippen LogP contribution >= 0.6 is 9.47 Å². The number of hydrogen-bond donors (Lipinski definition) is 0. The van der Waals surface area contributed by atoms with E-state index in [4.69, 9.17) is 4.52 Å². The second kappa shape index (κ2) is 3.17. The Kier molecular flexibility index (Phi) is 3.23. The lowest BCUT2D eigenvalue weighted by atomic mass is 10.2. The van der Waals surface area contributed by atoms with Gasteiger partial charge in [-0.1, -0.05) is 12.2 Å². The highest BCUT2D eigenvalue weighted by molar-refractivity contribution is 7.09. The van der Waals surface area contributed by atoms with Crippen LogP contribution in [0.15, 0.2) is 12.2 Å². The van der Waals surface area contributed by atoms with Crippen molar-refractivity contribution in [3.63, 3.8) is 0 Å². The molecular weight excluding hydrogens is 107 g/mol. The Morgan fingerprint density at radius 1 is 1.86 bits per heavy atom. The largest absolute Gasteiger partial charge is 0.358 e. The second-order valence-corrected chi connectivity index (χ2v) is 1.90. The van der Waals surface area contributed by atoms with Gasteiger partial charge in [0.15, 0.2) is 0 Å². The zero-order valence-corrected chi connectivity index (χ0v) is 5.92. The first kappa shape index (κ1) is 7.13. The predicted molar refractivity (Wildman–Crippen MR) is 35.1 cm³/mol. The van der Waals surface area contributed by atoms with Crippen molar-refractivity contribution in [1.29, 1.82) is 0 Å². The summed E-state index contributed by atoms with van der Waals surface area (Å²) >= 11 is 0. The lowest BCUT2D eigenvalue weighted by molar-refractivity contribution is 0.305. The number of hydrogen-bond acceptors (Lipinski definition) is 1. The molecule has 0 rings (SSSR count). The predicted octanol–water partition coefficient (Wildman–Crippen LogP) is 1.76. The molecule has 0 N–H and O–H groups in total. The van der Waals surface area contributed by atoms with E-state index in [1.165, 1.54) is 0 Å². The summed E-state index contributed by atoms with van der Waals surface area (Å²) in [5, 5.41) is 0. The summed E-state index contributed by atoms with van der Waals surface area (Å²) in [4.78, 5) is 0. The monoisotopic (exact) mass is 118 g/mol. The zero-order chi connectivity index (χ0) is 5.86. The Bertz CT molecular complexity index is 70.5. The molecule has 0 aromatic rings. The van der Waals surface area contributed by atoms with E-state index in [0.29, 0.717) is 0 Å². The minimum absolute atomic E-state index is 0.171. The van der Waals surface area contributed by atoms with Crippen LogP contribution in [-0.2, 0) is 4.52 Å². The fourth-order valence-electron chi connectivity index (χ4n) is 0.116. The van der Waals surface area contributed by atoms with Gasteiger partial charge in [-0.05, 0) is 13.8 Å². The third kappa shape index (κ3) is 2.78. The maximum atomic E-state index is 4.83. The molecule has 1 nitrogen and oxygen atoms in total. The summed E-state index contributed by atoms with van der Waals surface area (Å²) in [5.41, 5.74) is 1.05. The van der Waals surface area contributed by atoms with Gasteiger partial charge in [0.2, 0.25) is 0 Å².